The predicted octanol–water partition coefficient (Wildman–Crippen LogP) is 1.39. The molecule has 0 saturated carbocycles. The summed E-state index contributed by atoms with van der Waals surface area (Å²) >= 11 is 2.98. The zero-order valence-electron chi connectivity index (χ0n) is 7.50. The van der Waals surface area contributed by atoms with Gasteiger partial charge in [0, 0.05) is 6.92 Å². The Bertz CT molecular complexity index is 222. The Hall–Kier alpha value is -0.840. The average Bonchev–Trinajstić information content (AvgIpc) is 2.05. The molecule has 0 heterocycles. The molecule has 0 amide bonds. The Balaban J connectivity index is 4.04. The van der Waals surface area contributed by atoms with E-state index in [0.29, 0.717) is 6.61 Å². The van der Waals surface area contributed by atoms with Crippen LogP contribution in [0.3, 0.4) is 0 Å². The highest BCUT2D eigenvalue weighted by Crippen LogP contribution is 2.03. The molecule has 0 aromatic rings. The van der Waals surface area contributed by atoms with E-state index in [1.807, 2.05) is 0 Å². The first kappa shape index (κ1) is 12.2. The molecule has 13 heavy (non-hydrogen) atoms. The molecule has 0 bridgehead atoms. The Kier molecular flexibility index (Phi) is 6.22. The quantitative estimate of drug-likeness (QED) is 0.559. The summed E-state index contributed by atoms with van der Waals surface area (Å²) in [7, 11) is 0. The second kappa shape index (κ2) is 6.65. The van der Waals surface area contributed by atoms with Gasteiger partial charge >= 0.3 is 11.9 Å². The summed E-state index contributed by atoms with van der Waals surface area (Å²) in [5.41, 5.74) is 0.275. The van der Waals surface area contributed by atoms with Gasteiger partial charge in [-0.1, -0.05) is 15.9 Å². The van der Waals surface area contributed by atoms with Crippen LogP contribution in [0, 0.1) is 0 Å². The summed E-state index contributed by atoms with van der Waals surface area (Å²) in [5, 5.41) is 0. The van der Waals surface area contributed by atoms with E-state index in [4.69, 9.17) is 4.74 Å². The molecular weight excluding hydrogens is 240 g/mol. The van der Waals surface area contributed by atoms with Crippen molar-refractivity contribution >= 4 is 27.9 Å². The molecule has 0 aliphatic rings. The Morgan fingerprint density at radius 1 is 1.38 bits per heavy atom. The predicted molar refractivity (Wildman–Crippen MR) is 50.3 cm³/mol. The van der Waals surface area contributed by atoms with Gasteiger partial charge in [-0.2, -0.15) is 0 Å². The maximum Gasteiger partial charge on any atom is 0.338 e. The molecule has 0 N–H and O–H groups in total. The molecule has 0 saturated heterocycles. The van der Waals surface area contributed by atoms with Crippen LogP contribution in [-0.2, 0) is 19.1 Å². The van der Waals surface area contributed by atoms with E-state index in [-0.39, 0.29) is 12.2 Å². The van der Waals surface area contributed by atoms with E-state index in [2.05, 4.69) is 20.7 Å². The SMILES string of the molecule is CCOC(=O)C(=CBr)COC(C)=O. The minimum absolute atomic E-state index is 0.0700. The van der Waals surface area contributed by atoms with Gasteiger partial charge in [0.1, 0.15) is 6.61 Å². The van der Waals surface area contributed by atoms with Crippen molar-refractivity contribution < 1.29 is 19.1 Å². The van der Waals surface area contributed by atoms with Crippen LogP contribution in [-0.4, -0.2) is 25.2 Å². The molecule has 0 aromatic heterocycles. The molecule has 4 nitrogen and oxygen atoms in total. The van der Waals surface area contributed by atoms with E-state index in [1.54, 1.807) is 6.92 Å². The number of rotatable bonds is 4. The summed E-state index contributed by atoms with van der Waals surface area (Å²) in [4.78, 5) is 22.9. The molecule has 0 aromatic carbocycles. The molecule has 0 aliphatic heterocycles. The van der Waals surface area contributed by atoms with Crippen molar-refractivity contribution in [3.05, 3.63) is 10.6 Å². The van der Waals surface area contributed by atoms with E-state index >= 15 is 0 Å². The fourth-order valence-electron chi connectivity index (χ4n) is 0.538. The lowest BCUT2D eigenvalue weighted by Gasteiger charge is -2.05. The maximum atomic E-state index is 11.1. The molecule has 0 unspecified atom stereocenters. The number of hydrogen-bond acceptors (Lipinski definition) is 4. The molecule has 5 heteroatoms. The van der Waals surface area contributed by atoms with Crippen molar-refractivity contribution in [3.63, 3.8) is 0 Å². The normalized spacial score (nSPS) is 10.8. The van der Waals surface area contributed by atoms with Crippen LogP contribution in [0.1, 0.15) is 13.8 Å². The van der Waals surface area contributed by atoms with Gasteiger partial charge in [0.25, 0.3) is 0 Å². The lowest BCUT2D eigenvalue weighted by atomic mass is 10.3. The molecule has 0 atom stereocenters. The second-order valence-electron chi connectivity index (χ2n) is 2.14. The van der Waals surface area contributed by atoms with Crippen LogP contribution in [0.15, 0.2) is 10.6 Å². The fourth-order valence-corrected chi connectivity index (χ4v) is 0.857. The number of carbonyl (C=O) groups excluding carboxylic acids is 2. The molecule has 0 radical (unpaired) electrons. The summed E-state index contributed by atoms with van der Waals surface area (Å²) < 4.78 is 9.32. The maximum absolute atomic E-state index is 11.1. The van der Waals surface area contributed by atoms with E-state index in [1.165, 1.54) is 11.9 Å². The van der Waals surface area contributed by atoms with Crippen LogP contribution < -0.4 is 0 Å². The topological polar surface area (TPSA) is 52.6 Å². The summed E-state index contributed by atoms with van der Waals surface area (Å²) in [5.74, 6) is -0.920. The highest BCUT2D eigenvalue weighted by molar-refractivity contribution is 9.11. The fraction of sp³-hybridized carbons (Fsp3) is 0.500. The average molecular weight is 251 g/mol. The minimum Gasteiger partial charge on any atom is -0.463 e. The van der Waals surface area contributed by atoms with Gasteiger partial charge in [-0.3, -0.25) is 4.79 Å². The molecular formula is C8H11BrO4. The third kappa shape index (κ3) is 5.41. The lowest BCUT2D eigenvalue weighted by molar-refractivity contribution is -0.142. The van der Waals surface area contributed by atoms with Crippen molar-refractivity contribution in [2.75, 3.05) is 13.2 Å². The molecule has 0 aliphatic carbocycles. The van der Waals surface area contributed by atoms with Crippen molar-refractivity contribution in [1.82, 2.24) is 0 Å². The lowest BCUT2D eigenvalue weighted by Crippen LogP contribution is -2.13. The van der Waals surface area contributed by atoms with Crippen LogP contribution in [0.4, 0.5) is 0 Å². The minimum atomic E-state index is -0.486. The standard InChI is InChI=1S/C8H11BrO4/c1-3-12-8(11)7(4-9)5-13-6(2)10/h4H,3,5H2,1-2H3. The third-order valence-corrected chi connectivity index (χ3v) is 1.65. The zero-order valence-corrected chi connectivity index (χ0v) is 9.09. The van der Waals surface area contributed by atoms with Crippen molar-refractivity contribution in [2.24, 2.45) is 0 Å². The molecule has 0 fully saturated rings. The molecule has 0 spiro atoms. The monoisotopic (exact) mass is 250 g/mol. The first-order valence-electron chi connectivity index (χ1n) is 3.71. The summed E-state index contributed by atoms with van der Waals surface area (Å²) in [6.45, 7) is 3.20. The van der Waals surface area contributed by atoms with Crippen LogP contribution >= 0.6 is 15.9 Å². The van der Waals surface area contributed by atoms with E-state index < -0.39 is 11.9 Å². The van der Waals surface area contributed by atoms with Gasteiger partial charge in [0.2, 0.25) is 0 Å². The smallest absolute Gasteiger partial charge is 0.338 e. The first-order chi connectivity index (χ1) is 6.11. The largest absolute Gasteiger partial charge is 0.463 e. The van der Waals surface area contributed by atoms with Crippen LogP contribution in [0.5, 0.6) is 0 Å². The van der Waals surface area contributed by atoms with Gasteiger partial charge in [-0.15, -0.1) is 0 Å². The van der Waals surface area contributed by atoms with E-state index in [9.17, 15) is 9.59 Å². The summed E-state index contributed by atoms with van der Waals surface area (Å²) in [6, 6.07) is 0. The highest BCUT2D eigenvalue weighted by atomic mass is 79.9. The number of carbonyl (C=O) groups is 2. The number of ether oxygens (including phenoxy) is 2. The Labute approximate surface area is 85.0 Å². The van der Waals surface area contributed by atoms with Crippen molar-refractivity contribution in [3.8, 4) is 0 Å². The molecule has 74 valence electrons. The van der Waals surface area contributed by atoms with Gasteiger partial charge in [0.15, 0.2) is 0 Å². The number of esters is 2. The number of hydrogen-bond donors (Lipinski definition) is 0. The third-order valence-electron chi connectivity index (χ3n) is 1.10. The summed E-state index contributed by atoms with van der Waals surface area (Å²) in [6.07, 6.45) is 0. The zero-order chi connectivity index (χ0) is 10.3. The van der Waals surface area contributed by atoms with Gasteiger partial charge in [-0.05, 0) is 11.9 Å². The van der Waals surface area contributed by atoms with Crippen LogP contribution in [0.2, 0.25) is 0 Å². The van der Waals surface area contributed by atoms with Crippen LogP contribution in [0.25, 0.3) is 0 Å². The van der Waals surface area contributed by atoms with Gasteiger partial charge in [-0.25, -0.2) is 4.79 Å². The second-order valence-corrected chi connectivity index (χ2v) is 2.59. The van der Waals surface area contributed by atoms with Gasteiger partial charge in [0.05, 0.1) is 12.2 Å². The Morgan fingerprint density at radius 3 is 2.38 bits per heavy atom. The Morgan fingerprint density at radius 2 is 2.00 bits per heavy atom. The molecule has 0 rings (SSSR count). The van der Waals surface area contributed by atoms with Crippen molar-refractivity contribution in [1.29, 1.82) is 0 Å². The number of halogens is 1. The van der Waals surface area contributed by atoms with Crippen molar-refractivity contribution in [2.45, 2.75) is 13.8 Å². The van der Waals surface area contributed by atoms with E-state index in [0.717, 1.165) is 0 Å². The highest BCUT2D eigenvalue weighted by Gasteiger charge is 2.10. The van der Waals surface area contributed by atoms with Gasteiger partial charge < -0.3 is 9.47 Å². The first-order valence-corrected chi connectivity index (χ1v) is 4.63.